The maximum atomic E-state index is 2.52. The molecule has 0 heterocycles. The maximum absolute atomic E-state index is 2.52. The highest BCUT2D eigenvalue weighted by Gasteiger charge is 2.52. The second kappa shape index (κ2) is 3.81. The number of rotatable bonds is 3. The van der Waals surface area contributed by atoms with Crippen LogP contribution in [0.15, 0.2) is 23.3 Å². The van der Waals surface area contributed by atoms with E-state index < -0.39 is 0 Å². The molecule has 1 saturated carbocycles. The minimum absolute atomic E-state index is 0.630. The third-order valence-electron chi connectivity index (χ3n) is 4.76. The molecule has 3 aliphatic carbocycles. The van der Waals surface area contributed by atoms with Crippen LogP contribution in [0.4, 0.5) is 0 Å². The van der Waals surface area contributed by atoms with E-state index in [2.05, 4.69) is 39.8 Å². The zero-order valence-electron chi connectivity index (χ0n) is 10.6. The summed E-state index contributed by atoms with van der Waals surface area (Å²) in [4.78, 5) is 0. The zero-order valence-corrected chi connectivity index (χ0v) is 10.6. The number of allylic oxidation sites excluding steroid dienone is 4. The quantitative estimate of drug-likeness (QED) is 0.583. The summed E-state index contributed by atoms with van der Waals surface area (Å²) in [6.45, 7) is 9.25. The predicted molar refractivity (Wildman–Crippen MR) is 66.7 cm³/mol. The van der Waals surface area contributed by atoms with Crippen LogP contribution in [0, 0.1) is 17.3 Å². The van der Waals surface area contributed by atoms with Crippen molar-refractivity contribution in [1.82, 2.24) is 0 Å². The molecule has 0 amide bonds. The molecule has 1 unspecified atom stereocenters. The van der Waals surface area contributed by atoms with Crippen LogP contribution < -0.4 is 0 Å². The van der Waals surface area contributed by atoms with Gasteiger partial charge in [0.1, 0.15) is 0 Å². The van der Waals surface area contributed by atoms with E-state index in [1.54, 1.807) is 5.57 Å². The monoisotopic (exact) mass is 204 g/mol. The summed E-state index contributed by atoms with van der Waals surface area (Å²) in [7, 11) is 0. The molecular weight excluding hydrogens is 180 g/mol. The third kappa shape index (κ3) is 1.79. The molecule has 2 bridgehead atoms. The van der Waals surface area contributed by atoms with Gasteiger partial charge < -0.3 is 0 Å². The van der Waals surface area contributed by atoms with Gasteiger partial charge in [0.25, 0.3) is 0 Å². The van der Waals surface area contributed by atoms with Gasteiger partial charge in [0, 0.05) is 0 Å². The Labute approximate surface area is 94.5 Å². The summed E-state index contributed by atoms with van der Waals surface area (Å²) >= 11 is 0. The fourth-order valence-corrected chi connectivity index (χ4v) is 3.54. The van der Waals surface area contributed by atoms with Crippen molar-refractivity contribution < 1.29 is 0 Å². The summed E-state index contributed by atoms with van der Waals surface area (Å²) in [5.74, 6) is 1.89. The Morgan fingerprint density at radius 1 is 1.53 bits per heavy atom. The van der Waals surface area contributed by atoms with Gasteiger partial charge in [0.2, 0.25) is 0 Å². The maximum Gasteiger partial charge on any atom is -0.0146 e. The van der Waals surface area contributed by atoms with Crippen molar-refractivity contribution in [2.24, 2.45) is 17.3 Å². The Bertz CT molecular complexity index is 304. The lowest BCUT2D eigenvalue weighted by Crippen LogP contribution is -2.49. The smallest absolute Gasteiger partial charge is 0.0146 e. The lowest BCUT2D eigenvalue weighted by Gasteiger charge is -2.58. The van der Waals surface area contributed by atoms with E-state index in [1.807, 2.05) is 0 Å². The summed E-state index contributed by atoms with van der Waals surface area (Å²) in [6, 6.07) is 0. The van der Waals surface area contributed by atoms with Crippen LogP contribution in [0.2, 0.25) is 0 Å². The van der Waals surface area contributed by atoms with Gasteiger partial charge in [-0.2, -0.15) is 0 Å². The molecule has 3 rings (SSSR count). The molecule has 3 atom stereocenters. The Morgan fingerprint density at radius 3 is 2.80 bits per heavy atom. The van der Waals surface area contributed by atoms with Crippen LogP contribution in [0.5, 0.6) is 0 Å². The molecule has 3 aliphatic rings. The van der Waals surface area contributed by atoms with E-state index in [4.69, 9.17) is 0 Å². The molecule has 84 valence electrons. The molecule has 0 radical (unpaired) electrons. The summed E-state index contributed by atoms with van der Waals surface area (Å²) < 4.78 is 0. The Morgan fingerprint density at radius 2 is 2.27 bits per heavy atom. The molecule has 0 aromatic carbocycles. The van der Waals surface area contributed by atoms with Crippen molar-refractivity contribution in [2.75, 3.05) is 0 Å². The molecular formula is C15H24. The van der Waals surface area contributed by atoms with Gasteiger partial charge in [-0.05, 0) is 63.7 Å². The molecule has 0 aromatic heterocycles. The highest BCUT2D eigenvalue weighted by Crippen LogP contribution is 2.61. The fraction of sp³-hybridized carbons (Fsp3) is 0.733. The Kier molecular flexibility index (Phi) is 2.79. The van der Waals surface area contributed by atoms with Crippen molar-refractivity contribution in [3.05, 3.63) is 23.3 Å². The van der Waals surface area contributed by atoms with Gasteiger partial charge in [0.05, 0.1) is 0 Å². The normalized spacial score (nSPS) is 38.0. The highest BCUT2D eigenvalue weighted by molar-refractivity contribution is 5.22. The van der Waals surface area contributed by atoms with Crippen molar-refractivity contribution in [1.29, 1.82) is 0 Å². The minimum atomic E-state index is 0.630. The molecule has 0 aliphatic heterocycles. The number of hydrogen-bond donors (Lipinski definition) is 0. The largest absolute Gasteiger partial charge is 0.0859 e. The second-order valence-corrected chi connectivity index (χ2v) is 6.00. The fourth-order valence-electron chi connectivity index (χ4n) is 3.54. The van der Waals surface area contributed by atoms with Gasteiger partial charge in [-0.1, -0.05) is 30.2 Å². The van der Waals surface area contributed by atoms with E-state index in [0.717, 1.165) is 11.8 Å². The minimum Gasteiger partial charge on any atom is -0.0859 e. The number of fused-ring (bicyclic) bond motifs is 1. The topological polar surface area (TPSA) is 0 Å². The second-order valence-electron chi connectivity index (χ2n) is 6.00. The van der Waals surface area contributed by atoms with Crippen LogP contribution in [-0.2, 0) is 0 Å². The molecule has 0 heteroatoms. The van der Waals surface area contributed by atoms with E-state index in [1.165, 1.54) is 31.3 Å². The van der Waals surface area contributed by atoms with Crippen LogP contribution in [0.25, 0.3) is 0 Å². The molecule has 0 nitrogen and oxygen atoms in total. The van der Waals surface area contributed by atoms with E-state index >= 15 is 0 Å². The van der Waals surface area contributed by atoms with Gasteiger partial charge in [-0.25, -0.2) is 0 Å². The van der Waals surface area contributed by atoms with Gasteiger partial charge in [0.15, 0.2) is 0 Å². The van der Waals surface area contributed by atoms with Crippen LogP contribution >= 0.6 is 0 Å². The van der Waals surface area contributed by atoms with E-state index in [0.29, 0.717) is 5.41 Å². The first-order valence-electron chi connectivity index (χ1n) is 6.34. The van der Waals surface area contributed by atoms with Gasteiger partial charge >= 0.3 is 0 Å². The van der Waals surface area contributed by atoms with Crippen molar-refractivity contribution >= 4 is 0 Å². The van der Waals surface area contributed by atoms with Gasteiger partial charge in [-0.3, -0.25) is 0 Å². The molecule has 0 aromatic rings. The lowest BCUT2D eigenvalue weighted by molar-refractivity contribution is -0.0312. The van der Waals surface area contributed by atoms with Crippen molar-refractivity contribution in [3.8, 4) is 0 Å². The summed E-state index contributed by atoms with van der Waals surface area (Å²) in [6.07, 6.45) is 10.3. The average Bonchev–Trinajstić information content (AvgIpc) is 2.16. The van der Waals surface area contributed by atoms with E-state index in [9.17, 15) is 0 Å². The molecule has 0 N–H and O–H groups in total. The summed E-state index contributed by atoms with van der Waals surface area (Å²) in [5, 5.41) is 0. The Balaban J connectivity index is 1.98. The number of hydrogen-bond acceptors (Lipinski definition) is 0. The zero-order chi connectivity index (χ0) is 11.1. The van der Waals surface area contributed by atoms with Crippen LogP contribution in [-0.4, -0.2) is 0 Å². The molecule has 15 heavy (non-hydrogen) atoms. The van der Waals surface area contributed by atoms with Crippen LogP contribution in [0.1, 0.15) is 53.4 Å². The standard InChI is InChI=1S/C15H24/c1-11(2)6-5-9-15(4)13-8-7-12(3)14(15)10-13/h6-7,13-14H,5,8-10H2,1-4H3/t13-,14-,15?/m1/s1. The summed E-state index contributed by atoms with van der Waals surface area (Å²) in [5.41, 5.74) is 3.76. The first-order chi connectivity index (χ1) is 7.04. The van der Waals surface area contributed by atoms with Crippen LogP contribution in [0.3, 0.4) is 0 Å². The van der Waals surface area contributed by atoms with Crippen molar-refractivity contribution in [2.45, 2.75) is 53.4 Å². The average molecular weight is 204 g/mol. The lowest BCUT2D eigenvalue weighted by atomic mass is 9.47. The molecule has 0 saturated heterocycles. The SMILES string of the molecule is CC(C)=CCCC1(C)[C@@H]2CC=C(C)[C@H]1C2. The first kappa shape index (κ1) is 11.0. The first-order valence-corrected chi connectivity index (χ1v) is 6.34. The highest BCUT2D eigenvalue weighted by atomic mass is 14.6. The molecule has 1 fully saturated rings. The Hall–Kier alpha value is -0.520. The predicted octanol–water partition coefficient (Wildman–Crippen LogP) is 4.73. The molecule has 0 spiro atoms. The van der Waals surface area contributed by atoms with Crippen molar-refractivity contribution in [3.63, 3.8) is 0 Å². The van der Waals surface area contributed by atoms with E-state index in [-0.39, 0.29) is 0 Å². The third-order valence-corrected chi connectivity index (χ3v) is 4.76. The van der Waals surface area contributed by atoms with Gasteiger partial charge in [-0.15, -0.1) is 0 Å².